The number of anilines is 1. The van der Waals surface area contributed by atoms with Crippen molar-refractivity contribution >= 4 is 17.5 Å². The number of rotatable bonds is 6. The van der Waals surface area contributed by atoms with E-state index in [-0.39, 0.29) is 17.9 Å². The number of hydrogen-bond donors (Lipinski definition) is 2. The highest BCUT2D eigenvalue weighted by Crippen LogP contribution is 2.17. The Labute approximate surface area is 148 Å². The number of aromatic nitrogens is 1. The van der Waals surface area contributed by atoms with Crippen LogP contribution in [0.1, 0.15) is 66.3 Å². The lowest BCUT2D eigenvalue weighted by molar-refractivity contribution is 0.0939. The average molecular weight is 339 g/mol. The fourth-order valence-electron chi connectivity index (χ4n) is 2.25. The predicted octanol–water partition coefficient (Wildman–Crippen LogP) is 3.99. The zero-order valence-corrected chi connectivity index (χ0v) is 15.2. The fourth-order valence-corrected chi connectivity index (χ4v) is 2.25. The largest absolute Gasteiger partial charge is 0.350 e. The molecule has 5 nitrogen and oxygen atoms in total. The van der Waals surface area contributed by atoms with E-state index in [0.29, 0.717) is 22.7 Å². The molecular formula is C20H25N3O2. The molecule has 0 saturated heterocycles. The number of benzene rings is 1. The van der Waals surface area contributed by atoms with Gasteiger partial charge in [0.1, 0.15) is 0 Å². The maximum absolute atomic E-state index is 12.4. The highest BCUT2D eigenvalue weighted by molar-refractivity contribution is 6.05. The number of nitrogens with one attached hydrogen (secondary N) is 2. The lowest BCUT2D eigenvalue weighted by Crippen LogP contribution is -2.32. The molecule has 0 fully saturated rings. The Morgan fingerprint density at radius 2 is 1.60 bits per heavy atom. The monoisotopic (exact) mass is 339 g/mol. The molecule has 2 N–H and O–H groups in total. The second kappa shape index (κ2) is 8.42. The summed E-state index contributed by atoms with van der Waals surface area (Å²) in [4.78, 5) is 28.6. The molecule has 2 amide bonds. The van der Waals surface area contributed by atoms with Crippen LogP contribution in [0.2, 0.25) is 0 Å². The van der Waals surface area contributed by atoms with E-state index in [1.165, 1.54) is 18.0 Å². The number of nitrogens with zero attached hydrogens (tertiary/aromatic N) is 1. The van der Waals surface area contributed by atoms with Crippen molar-refractivity contribution in [3.05, 3.63) is 59.4 Å². The Bertz CT molecular complexity index is 739. The SMILES string of the molecule is CCC(C)NC(=O)c1cncc(C(=O)Nc2ccc(C(C)C)cc2)c1. The topological polar surface area (TPSA) is 71.1 Å². The van der Waals surface area contributed by atoms with Gasteiger partial charge in [-0.2, -0.15) is 0 Å². The van der Waals surface area contributed by atoms with Crippen molar-refractivity contribution in [3.8, 4) is 0 Å². The van der Waals surface area contributed by atoms with Crippen LogP contribution in [0.4, 0.5) is 5.69 Å². The molecule has 25 heavy (non-hydrogen) atoms. The summed E-state index contributed by atoms with van der Waals surface area (Å²) in [5.74, 6) is -0.0737. The minimum Gasteiger partial charge on any atom is -0.350 e. The highest BCUT2D eigenvalue weighted by Gasteiger charge is 2.13. The van der Waals surface area contributed by atoms with Crippen LogP contribution in [-0.2, 0) is 0 Å². The summed E-state index contributed by atoms with van der Waals surface area (Å²) in [7, 11) is 0. The van der Waals surface area contributed by atoms with Gasteiger partial charge in [0.15, 0.2) is 0 Å². The maximum Gasteiger partial charge on any atom is 0.257 e. The van der Waals surface area contributed by atoms with Gasteiger partial charge >= 0.3 is 0 Å². The lowest BCUT2D eigenvalue weighted by Gasteiger charge is -2.12. The first kappa shape index (κ1) is 18.6. The first-order valence-corrected chi connectivity index (χ1v) is 8.58. The molecule has 2 rings (SSSR count). The first-order chi connectivity index (χ1) is 11.9. The smallest absolute Gasteiger partial charge is 0.257 e. The van der Waals surface area contributed by atoms with Crippen LogP contribution >= 0.6 is 0 Å². The summed E-state index contributed by atoms with van der Waals surface area (Å²) in [6.45, 7) is 8.17. The Balaban J connectivity index is 2.09. The summed E-state index contributed by atoms with van der Waals surface area (Å²) in [6.07, 6.45) is 3.76. The van der Waals surface area contributed by atoms with Crippen molar-refractivity contribution in [1.82, 2.24) is 10.3 Å². The Morgan fingerprint density at radius 3 is 2.16 bits per heavy atom. The Hall–Kier alpha value is -2.69. The Morgan fingerprint density at radius 1 is 1.00 bits per heavy atom. The van der Waals surface area contributed by atoms with E-state index in [2.05, 4.69) is 29.5 Å². The lowest BCUT2D eigenvalue weighted by atomic mass is 10.0. The number of pyridine rings is 1. The van der Waals surface area contributed by atoms with Crippen molar-refractivity contribution in [1.29, 1.82) is 0 Å². The minimum atomic E-state index is -0.289. The number of hydrogen-bond acceptors (Lipinski definition) is 3. The van der Waals surface area contributed by atoms with Gasteiger partial charge in [0.2, 0.25) is 0 Å². The molecule has 0 aliphatic rings. The van der Waals surface area contributed by atoms with E-state index in [4.69, 9.17) is 0 Å². The zero-order valence-electron chi connectivity index (χ0n) is 15.2. The van der Waals surface area contributed by atoms with E-state index < -0.39 is 0 Å². The zero-order chi connectivity index (χ0) is 18.4. The van der Waals surface area contributed by atoms with Crippen LogP contribution in [-0.4, -0.2) is 22.8 Å². The molecule has 1 aromatic heterocycles. The summed E-state index contributed by atoms with van der Waals surface area (Å²) in [5, 5.41) is 5.70. The average Bonchev–Trinajstić information content (AvgIpc) is 2.62. The summed E-state index contributed by atoms with van der Waals surface area (Å²) in [6, 6.07) is 9.37. The fraction of sp³-hybridized carbons (Fsp3) is 0.350. The molecule has 0 spiro atoms. The van der Waals surface area contributed by atoms with Gasteiger partial charge in [-0.25, -0.2) is 0 Å². The number of carbonyl (C=O) groups is 2. The first-order valence-electron chi connectivity index (χ1n) is 8.58. The molecule has 1 atom stereocenters. The molecule has 0 radical (unpaired) electrons. The second-order valence-corrected chi connectivity index (χ2v) is 6.48. The van der Waals surface area contributed by atoms with Crippen LogP contribution in [0.5, 0.6) is 0 Å². The number of carbonyl (C=O) groups excluding carboxylic acids is 2. The van der Waals surface area contributed by atoms with Gasteiger partial charge in [0.05, 0.1) is 11.1 Å². The van der Waals surface area contributed by atoms with Gasteiger partial charge in [-0.1, -0.05) is 32.9 Å². The summed E-state index contributed by atoms with van der Waals surface area (Å²) < 4.78 is 0. The van der Waals surface area contributed by atoms with Gasteiger partial charge < -0.3 is 10.6 Å². The summed E-state index contributed by atoms with van der Waals surface area (Å²) >= 11 is 0. The van der Waals surface area contributed by atoms with Gasteiger partial charge in [-0.15, -0.1) is 0 Å². The van der Waals surface area contributed by atoms with Crippen LogP contribution in [0.15, 0.2) is 42.7 Å². The minimum absolute atomic E-state index is 0.0736. The van der Waals surface area contributed by atoms with E-state index in [1.807, 2.05) is 38.1 Å². The number of amides is 2. The standard InChI is InChI=1S/C20H25N3O2/c1-5-14(4)22-19(24)16-10-17(12-21-11-16)20(25)23-18-8-6-15(7-9-18)13(2)3/h6-14H,5H2,1-4H3,(H,22,24)(H,23,25). The van der Waals surface area contributed by atoms with E-state index in [9.17, 15) is 9.59 Å². The van der Waals surface area contributed by atoms with E-state index in [1.54, 1.807) is 6.07 Å². The third-order valence-electron chi connectivity index (χ3n) is 4.09. The quantitative estimate of drug-likeness (QED) is 0.836. The van der Waals surface area contributed by atoms with Gasteiger partial charge in [-0.05, 0) is 43.0 Å². The van der Waals surface area contributed by atoms with Crippen molar-refractivity contribution in [3.63, 3.8) is 0 Å². The molecule has 0 aliphatic heterocycles. The second-order valence-electron chi connectivity index (χ2n) is 6.48. The Kier molecular flexibility index (Phi) is 6.28. The molecule has 0 bridgehead atoms. The van der Waals surface area contributed by atoms with Crippen molar-refractivity contribution in [2.75, 3.05) is 5.32 Å². The van der Waals surface area contributed by atoms with Crippen LogP contribution < -0.4 is 10.6 Å². The highest BCUT2D eigenvalue weighted by atomic mass is 16.2. The molecular weight excluding hydrogens is 314 g/mol. The van der Waals surface area contributed by atoms with Gasteiger partial charge in [0, 0.05) is 24.1 Å². The normalized spacial score (nSPS) is 11.9. The van der Waals surface area contributed by atoms with Gasteiger partial charge in [-0.3, -0.25) is 14.6 Å². The third-order valence-corrected chi connectivity index (χ3v) is 4.09. The molecule has 0 aliphatic carbocycles. The molecule has 1 heterocycles. The molecule has 0 saturated carbocycles. The predicted molar refractivity (Wildman–Crippen MR) is 99.9 cm³/mol. The third kappa shape index (κ3) is 5.14. The molecule has 132 valence electrons. The van der Waals surface area contributed by atoms with Crippen LogP contribution in [0.3, 0.4) is 0 Å². The molecule has 2 aromatic rings. The van der Waals surface area contributed by atoms with E-state index >= 15 is 0 Å². The van der Waals surface area contributed by atoms with Crippen molar-refractivity contribution in [2.45, 2.75) is 46.1 Å². The van der Waals surface area contributed by atoms with Crippen LogP contribution in [0, 0.1) is 0 Å². The molecule has 1 aromatic carbocycles. The molecule has 5 heteroatoms. The van der Waals surface area contributed by atoms with Crippen LogP contribution in [0.25, 0.3) is 0 Å². The maximum atomic E-state index is 12.4. The van der Waals surface area contributed by atoms with Gasteiger partial charge in [0.25, 0.3) is 11.8 Å². The van der Waals surface area contributed by atoms with Crippen molar-refractivity contribution < 1.29 is 9.59 Å². The molecule has 1 unspecified atom stereocenters. The van der Waals surface area contributed by atoms with E-state index in [0.717, 1.165) is 6.42 Å². The van der Waals surface area contributed by atoms with Crippen molar-refractivity contribution in [2.24, 2.45) is 0 Å². The summed E-state index contributed by atoms with van der Waals surface area (Å²) in [5.41, 5.74) is 2.65.